The number of carbonyl (C=O) groups excluding carboxylic acids is 1. The van der Waals surface area contributed by atoms with Crippen molar-refractivity contribution in [2.45, 2.75) is 19.4 Å². The highest BCUT2D eigenvalue weighted by Crippen LogP contribution is 2.30. The highest BCUT2D eigenvalue weighted by atomic mass is 16.2. The molecule has 0 fully saturated rings. The van der Waals surface area contributed by atoms with Crippen molar-refractivity contribution in [3.05, 3.63) is 71.4 Å². The summed E-state index contributed by atoms with van der Waals surface area (Å²) < 4.78 is 0. The second kappa shape index (κ2) is 8.04. The smallest absolute Gasteiger partial charge is 0.334 e. The first kappa shape index (κ1) is 19.6. The maximum Gasteiger partial charge on any atom is 0.351 e. The van der Waals surface area contributed by atoms with Crippen LogP contribution >= 0.6 is 0 Å². The second-order valence-corrected chi connectivity index (χ2v) is 7.76. The van der Waals surface area contributed by atoms with Crippen molar-refractivity contribution < 1.29 is 9.78 Å². The van der Waals surface area contributed by atoms with Gasteiger partial charge in [0.15, 0.2) is 0 Å². The van der Waals surface area contributed by atoms with Crippen LogP contribution in [0.3, 0.4) is 0 Å². The lowest BCUT2D eigenvalue weighted by Crippen LogP contribution is -2.31. The molecule has 3 heterocycles. The molecule has 1 aliphatic rings. The predicted molar refractivity (Wildman–Crippen MR) is 123 cm³/mol. The number of nitrogens with one attached hydrogen (secondary N) is 4. The molecule has 0 atom stereocenters. The summed E-state index contributed by atoms with van der Waals surface area (Å²) in [5, 5.41) is 17.0. The summed E-state index contributed by atoms with van der Waals surface area (Å²) in [7, 11) is 1.80. The molecule has 4 aromatic rings. The van der Waals surface area contributed by atoms with E-state index in [2.05, 4.69) is 31.7 Å². The Bertz CT molecular complexity index is 1350. The molecule has 4 N–H and O–H groups in total. The van der Waals surface area contributed by atoms with Gasteiger partial charge in [0, 0.05) is 25.4 Å². The number of amides is 1. The third-order valence-electron chi connectivity index (χ3n) is 5.69. The van der Waals surface area contributed by atoms with Crippen LogP contribution in [0.2, 0.25) is 0 Å². The Hall–Kier alpha value is -4.38. The minimum Gasteiger partial charge on any atom is -0.334 e. The molecule has 8 heteroatoms. The summed E-state index contributed by atoms with van der Waals surface area (Å²) in [6, 6.07) is 18.2. The monoisotopic (exact) mass is 424 g/mol. The molecule has 0 saturated heterocycles. The fraction of sp³-hybridized carbons (Fsp3) is 0.167. The zero-order chi connectivity index (χ0) is 22.1. The molecule has 2 aromatic carbocycles. The summed E-state index contributed by atoms with van der Waals surface area (Å²) in [5.41, 5.74) is 5.19. The fourth-order valence-electron chi connectivity index (χ4n) is 4.01. The number of fused-ring (bicyclic) bond motifs is 2. The highest BCUT2D eigenvalue weighted by molar-refractivity contribution is 5.96. The first-order valence-electron chi connectivity index (χ1n) is 10.4. The van der Waals surface area contributed by atoms with Crippen LogP contribution in [0, 0.1) is 11.3 Å². The average molecular weight is 424 g/mol. The highest BCUT2D eigenvalue weighted by Gasteiger charge is 2.22. The lowest BCUT2D eigenvalue weighted by atomic mass is 10.0. The SMILES string of the molecule is CN1C(=O)CCc2cc(Nc3nc4[nH]cc(C#N)c4c(NCc4ccccc4)[nH+]3)ccc21. The van der Waals surface area contributed by atoms with Gasteiger partial charge in [-0.2, -0.15) is 5.26 Å². The number of nitriles is 1. The van der Waals surface area contributed by atoms with Gasteiger partial charge in [-0.25, -0.2) is 4.98 Å². The molecule has 2 aromatic heterocycles. The lowest BCUT2D eigenvalue weighted by Gasteiger charge is -2.25. The van der Waals surface area contributed by atoms with E-state index in [-0.39, 0.29) is 5.91 Å². The van der Waals surface area contributed by atoms with Crippen LogP contribution in [0.15, 0.2) is 54.7 Å². The van der Waals surface area contributed by atoms with E-state index in [0.717, 1.165) is 34.3 Å². The summed E-state index contributed by atoms with van der Waals surface area (Å²) in [6.45, 7) is 0.602. The molecule has 1 amide bonds. The van der Waals surface area contributed by atoms with E-state index in [1.807, 2.05) is 48.5 Å². The van der Waals surface area contributed by atoms with Crippen molar-refractivity contribution in [2.75, 3.05) is 22.6 Å². The van der Waals surface area contributed by atoms with Gasteiger partial charge in [0.2, 0.25) is 17.4 Å². The van der Waals surface area contributed by atoms with Crippen molar-refractivity contribution in [3.63, 3.8) is 0 Å². The van der Waals surface area contributed by atoms with Gasteiger partial charge >= 0.3 is 5.95 Å². The number of aromatic nitrogens is 3. The van der Waals surface area contributed by atoms with E-state index < -0.39 is 0 Å². The minimum atomic E-state index is 0.132. The third kappa shape index (κ3) is 3.61. The number of aryl methyl sites for hydroxylation is 1. The summed E-state index contributed by atoms with van der Waals surface area (Å²) in [6.07, 6.45) is 2.89. The van der Waals surface area contributed by atoms with Crippen molar-refractivity contribution in [1.29, 1.82) is 5.26 Å². The molecule has 0 unspecified atom stereocenters. The van der Waals surface area contributed by atoms with Gasteiger partial charge < -0.3 is 15.2 Å². The standard InChI is InChI=1S/C24H21N7O/c1-31-19-9-8-18(11-16(19)7-10-20(31)32)28-24-29-22(26-13-15-5-3-2-4-6-15)21-17(12-25)14-27-23(21)30-24/h2-6,8-9,11,14H,7,10,13H2,1H3,(H3,26,27,28,29,30)/p+1. The summed E-state index contributed by atoms with van der Waals surface area (Å²) in [4.78, 5) is 24.6. The van der Waals surface area contributed by atoms with Crippen molar-refractivity contribution in [2.24, 2.45) is 0 Å². The van der Waals surface area contributed by atoms with Gasteiger partial charge in [-0.15, -0.1) is 0 Å². The molecule has 0 radical (unpaired) electrons. The van der Waals surface area contributed by atoms with Gasteiger partial charge in [0.25, 0.3) is 0 Å². The van der Waals surface area contributed by atoms with Gasteiger partial charge in [0.05, 0.1) is 17.8 Å². The van der Waals surface area contributed by atoms with Gasteiger partial charge in [-0.3, -0.25) is 10.1 Å². The van der Waals surface area contributed by atoms with Crippen molar-refractivity contribution in [1.82, 2.24) is 9.97 Å². The molecule has 0 aliphatic carbocycles. The second-order valence-electron chi connectivity index (χ2n) is 7.76. The number of H-pyrrole nitrogens is 2. The number of benzene rings is 2. The molecule has 32 heavy (non-hydrogen) atoms. The molecular weight excluding hydrogens is 402 g/mol. The van der Waals surface area contributed by atoms with Gasteiger partial charge in [-0.05, 0) is 35.7 Å². The predicted octanol–water partition coefficient (Wildman–Crippen LogP) is 3.51. The Balaban J connectivity index is 1.47. The van der Waals surface area contributed by atoms with Crippen molar-refractivity contribution in [3.8, 4) is 6.07 Å². The van der Waals surface area contributed by atoms with Crippen LogP contribution in [0.5, 0.6) is 0 Å². The Labute approximate surface area is 184 Å². The Morgan fingerprint density at radius 2 is 2.06 bits per heavy atom. The lowest BCUT2D eigenvalue weighted by molar-refractivity contribution is -0.345. The molecule has 5 rings (SSSR count). The Morgan fingerprint density at radius 3 is 2.88 bits per heavy atom. The zero-order valence-corrected chi connectivity index (χ0v) is 17.6. The molecule has 0 bridgehead atoms. The quantitative estimate of drug-likeness (QED) is 0.454. The minimum absolute atomic E-state index is 0.132. The van der Waals surface area contributed by atoms with E-state index in [1.54, 1.807) is 18.1 Å². The van der Waals surface area contributed by atoms with Gasteiger partial charge in [0.1, 0.15) is 11.5 Å². The molecule has 0 spiro atoms. The Kier molecular flexibility index (Phi) is 4.92. The maximum absolute atomic E-state index is 11.9. The van der Waals surface area contributed by atoms with E-state index in [4.69, 9.17) is 0 Å². The molecule has 158 valence electrons. The van der Waals surface area contributed by atoms with Crippen LogP contribution in [-0.4, -0.2) is 22.9 Å². The number of aromatic amines is 2. The van der Waals surface area contributed by atoms with E-state index >= 15 is 0 Å². The van der Waals surface area contributed by atoms with Crippen LogP contribution in [0.1, 0.15) is 23.1 Å². The average Bonchev–Trinajstić information content (AvgIpc) is 3.24. The topological polar surface area (TPSA) is 111 Å². The van der Waals surface area contributed by atoms with Gasteiger partial charge in [-0.1, -0.05) is 35.3 Å². The van der Waals surface area contributed by atoms with Crippen LogP contribution < -0.4 is 20.5 Å². The molecule has 8 nitrogen and oxygen atoms in total. The van der Waals surface area contributed by atoms with E-state index in [1.165, 1.54) is 0 Å². The number of rotatable bonds is 5. The Morgan fingerprint density at radius 1 is 1.22 bits per heavy atom. The molecular formula is C24H22N7O+. The zero-order valence-electron chi connectivity index (χ0n) is 17.6. The molecule has 0 saturated carbocycles. The summed E-state index contributed by atoms with van der Waals surface area (Å²) >= 11 is 0. The van der Waals surface area contributed by atoms with E-state index in [0.29, 0.717) is 35.9 Å². The van der Waals surface area contributed by atoms with Crippen molar-refractivity contribution >= 4 is 40.1 Å². The third-order valence-corrected chi connectivity index (χ3v) is 5.69. The number of nitrogens with zero attached hydrogens (tertiary/aromatic N) is 3. The van der Waals surface area contributed by atoms with E-state index in [9.17, 15) is 10.1 Å². The molecule has 1 aliphatic heterocycles. The maximum atomic E-state index is 11.9. The van der Waals surface area contributed by atoms with Crippen LogP contribution in [0.4, 0.5) is 23.1 Å². The first-order chi connectivity index (χ1) is 15.6. The number of carbonyl (C=O) groups is 1. The number of anilines is 4. The normalized spacial score (nSPS) is 13.0. The number of hydrogen-bond donors (Lipinski definition) is 3. The number of hydrogen-bond acceptors (Lipinski definition) is 5. The van der Waals surface area contributed by atoms with Crippen LogP contribution in [-0.2, 0) is 17.8 Å². The van der Waals surface area contributed by atoms with Crippen LogP contribution in [0.25, 0.3) is 11.0 Å². The summed E-state index contributed by atoms with van der Waals surface area (Å²) in [5.74, 6) is 1.38. The first-order valence-corrected chi connectivity index (χ1v) is 10.4. The fourth-order valence-corrected chi connectivity index (χ4v) is 4.01. The largest absolute Gasteiger partial charge is 0.351 e.